The molecule has 4 nitrogen and oxygen atoms in total. The van der Waals surface area contributed by atoms with E-state index in [-0.39, 0.29) is 5.91 Å². The molecule has 0 unspecified atom stereocenters. The van der Waals surface area contributed by atoms with Crippen molar-refractivity contribution in [2.75, 3.05) is 5.43 Å². The van der Waals surface area contributed by atoms with Crippen molar-refractivity contribution in [3.05, 3.63) is 66.0 Å². The number of hydrogen-bond donors (Lipinski definition) is 1. The molecule has 1 N–H and O–H groups in total. The second-order valence-electron chi connectivity index (χ2n) is 4.68. The number of para-hydroxylation sites is 2. The van der Waals surface area contributed by atoms with Gasteiger partial charge in [-0.15, -0.1) is 0 Å². The van der Waals surface area contributed by atoms with Gasteiger partial charge < -0.3 is 0 Å². The molecular formula is C16H15N3O. The number of hydrogen-bond acceptors (Lipinski definition) is 2. The summed E-state index contributed by atoms with van der Waals surface area (Å²) < 4.78 is 1.77. The second kappa shape index (κ2) is 5.17. The minimum Gasteiger partial charge on any atom is -0.274 e. The van der Waals surface area contributed by atoms with Gasteiger partial charge in [-0.2, -0.15) is 0 Å². The molecule has 0 aliphatic heterocycles. The average molecular weight is 265 g/mol. The van der Waals surface area contributed by atoms with Crippen LogP contribution in [0.5, 0.6) is 0 Å². The van der Waals surface area contributed by atoms with Crippen LogP contribution in [0.4, 0.5) is 0 Å². The number of benzene rings is 2. The highest BCUT2D eigenvalue weighted by Gasteiger charge is 2.11. The quantitative estimate of drug-likeness (QED) is 0.791. The van der Waals surface area contributed by atoms with Crippen LogP contribution in [0, 0.1) is 0 Å². The monoisotopic (exact) mass is 265 g/mol. The highest BCUT2D eigenvalue weighted by molar-refractivity contribution is 5.85. The predicted octanol–water partition coefficient (Wildman–Crippen LogP) is 2.72. The maximum atomic E-state index is 11.4. The Kier molecular flexibility index (Phi) is 3.21. The minimum atomic E-state index is -0.109. The molecule has 1 amide bonds. The molecule has 0 spiro atoms. The smallest absolute Gasteiger partial charge is 0.235 e. The van der Waals surface area contributed by atoms with Crippen molar-refractivity contribution in [2.24, 2.45) is 0 Å². The molecule has 3 aromatic rings. The Balaban J connectivity index is 2.07. The Hall–Kier alpha value is -2.62. The van der Waals surface area contributed by atoms with Crippen molar-refractivity contribution < 1.29 is 4.79 Å². The topological polar surface area (TPSA) is 46.9 Å². The van der Waals surface area contributed by atoms with Crippen LogP contribution in [0.1, 0.15) is 18.3 Å². The third-order valence-corrected chi connectivity index (χ3v) is 3.10. The summed E-state index contributed by atoms with van der Waals surface area (Å²) >= 11 is 0. The van der Waals surface area contributed by atoms with Gasteiger partial charge in [0.1, 0.15) is 5.82 Å². The van der Waals surface area contributed by atoms with Gasteiger partial charge in [0, 0.05) is 13.3 Å². The summed E-state index contributed by atoms with van der Waals surface area (Å²) in [5, 5.41) is 0. The zero-order valence-electron chi connectivity index (χ0n) is 11.2. The number of rotatable bonds is 3. The lowest BCUT2D eigenvalue weighted by Crippen LogP contribution is -2.22. The fraction of sp³-hybridized carbons (Fsp3) is 0.125. The number of amides is 1. The summed E-state index contributed by atoms with van der Waals surface area (Å²) in [6.45, 7) is 1.50. The SMILES string of the molecule is CC(=O)Nn1c(Cc2ccccc2)nc2ccccc21. The van der Waals surface area contributed by atoms with E-state index in [4.69, 9.17) is 0 Å². The van der Waals surface area contributed by atoms with E-state index in [1.54, 1.807) is 4.68 Å². The zero-order valence-corrected chi connectivity index (χ0v) is 11.2. The van der Waals surface area contributed by atoms with Crippen molar-refractivity contribution in [2.45, 2.75) is 13.3 Å². The van der Waals surface area contributed by atoms with Crippen LogP contribution in [-0.4, -0.2) is 15.6 Å². The summed E-state index contributed by atoms with van der Waals surface area (Å²) in [5.74, 6) is 0.718. The van der Waals surface area contributed by atoms with E-state index in [1.165, 1.54) is 6.92 Å². The van der Waals surface area contributed by atoms with Gasteiger partial charge in [-0.1, -0.05) is 42.5 Å². The van der Waals surface area contributed by atoms with Gasteiger partial charge in [-0.3, -0.25) is 10.2 Å². The lowest BCUT2D eigenvalue weighted by atomic mass is 10.1. The van der Waals surface area contributed by atoms with Gasteiger partial charge in [0.05, 0.1) is 11.0 Å². The molecule has 0 saturated carbocycles. The Morgan fingerprint density at radius 2 is 1.80 bits per heavy atom. The molecule has 1 aromatic heterocycles. The Morgan fingerprint density at radius 3 is 2.55 bits per heavy atom. The molecule has 20 heavy (non-hydrogen) atoms. The molecule has 4 heteroatoms. The third kappa shape index (κ3) is 2.40. The van der Waals surface area contributed by atoms with Crippen LogP contribution < -0.4 is 5.43 Å². The van der Waals surface area contributed by atoms with Crippen LogP contribution >= 0.6 is 0 Å². The highest BCUT2D eigenvalue weighted by Crippen LogP contribution is 2.17. The summed E-state index contributed by atoms with van der Waals surface area (Å²) in [6, 6.07) is 17.9. The largest absolute Gasteiger partial charge is 0.274 e. The van der Waals surface area contributed by atoms with Crippen molar-refractivity contribution >= 4 is 16.9 Å². The number of carbonyl (C=O) groups excluding carboxylic acids is 1. The molecule has 0 saturated heterocycles. The van der Waals surface area contributed by atoms with E-state index in [9.17, 15) is 4.79 Å². The first-order valence-electron chi connectivity index (χ1n) is 6.52. The molecule has 0 aliphatic carbocycles. The Labute approximate surface area is 117 Å². The van der Waals surface area contributed by atoms with Crippen LogP contribution in [0.25, 0.3) is 11.0 Å². The van der Waals surface area contributed by atoms with E-state index in [0.29, 0.717) is 6.42 Å². The summed E-state index contributed by atoms with van der Waals surface area (Å²) in [7, 11) is 0. The number of carbonyl (C=O) groups is 1. The van der Waals surface area contributed by atoms with E-state index in [1.807, 2.05) is 42.5 Å². The molecule has 0 radical (unpaired) electrons. The predicted molar refractivity (Wildman–Crippen MR) is 79.0 cm³/mol. The number of imidazole rings is 1. The molecule has 0 fully saturated rings. The number of aromatic nitrogens is 2. The number of nitrogens with one attached hydrogen (secondary N) is 1. The molecule has 0 aliphatic rings. The van der Waals surface area contributed by atoms with Crippen LogP contribution in [0.15, 0.2) is 54.6 Å². The third-order valence-electron chi connectivity index (χ3n) is 3.10. The Bertz CT molecular complexity index is 747. The molecule has 2 aromatic carbocycles. The van der Waals surface area contributed by atoms with Gasteiger partial charge in [-0.25, -0.2) is 9.66 Å². The van der Waals surface area contributed by atoms with Crippen molar-refractivity contribution in [3.8, 4) is 0 Å². The summed E-state index contributed by atoms with van der Waals surface area (Å²) in [5.41, 5.74) is 5.79. The van der Waals surface area contributed by atoms with E-state index < -0.39 is 0 Å². The molecule has 100 valence electrons. The molecular weight excluding hydrogens is 250 g/mol. The van der Waals surface area contributed by atoms with Crippen molar-refractivity contribution in [1.82, 2.24) is 9.66 Å². The maximum Gasteiger partial charge on any atom is 0.235 e. The standard InChI is InChI=1S/C16H15N3O/c1-12(20)18-19-15-10-6-5-9-14(15)17-16(19)11-13-7-3-2-4-8-13/h2-10H,11H2,1H3,(H,18,20). The highest BCUT2D eigenvalue weighted by atomic mass is 16.2. The Morgan fingerprint density at radius 1 is 1.10 bits per heavy atom. The molecule has 0 bridgehead atoms. The van der Waals surface area contributed by atoms with Crippen LogP contribution in [-0.2, 0) is 11.2 Å². The van der Waals surface area contributed by atoms with Gasteiger partial charge in [0.2, 0.25) is 5.91 Å². The number of fused-ring (bicyclic) bond motifs is 1. The zero-order chi connectivity index (χ0) is 13.9. The van der Waals surface area contributed by atoms with Crippen molar-refractivity contribution in [1.29, 1.82) is 0 Å². The lowest BCUT2D eigenvalue weighted by Gasteiger charge is -2.09. The fourth-order valence-electron chi connectivity index (χ4n) is 2.26. The fourth-order valence-corrected chi connectivity index (χ4v) is 2.26. The molecule has 1 heterocycles. The van der Waals surface area contributed by atoms with Crippen LogP contribution in [0.3, 0.4) is 0 Å². The van der Waals surface area contributed by atoms with E-state index in [0.717, 1.165) is 22.4 Å². The van der Waals surface area contributed by atoms with E-state index >= 15 is 0 Å². The van der Waals surface area contributed by atoms with E-state index in [2.05, 4.69) is 22.5 Å². The maximum absolute atomic E-state index is 11.4. The first-order valence-corrected chi connectivity index (χ1v) is 6.52. The number of nitrogens with zero attached hydrogens (tertiary/aromatic N) is 2. The molecule has 3 rings (SSSR count). The minimum absolute atomic E-state index is 0.109. The normalized spacial score (nSPS) is 10.7. The van der Waals surface area contributed by atoms with Gasteiger partial charge >= 0.3 is 0 Å². The summed E-state index contributed by atoms with van der Waals surface area (Å²) in [4.78, 5) is 16.0. The first kappa shape index (κ1) is 12.4. The van der Waals surface area contributed by atoms with Crippen molar-refractivity contribution in [3.63, 3.8) is 0 Å². The summed E-state index contributed by atoms with van der Waals surface area (Å²) in [6.07, 6.45) is 0.676. The average Bonchev–Trinajstić information content (AvgIpc) is 2.78. The lowest BCUT2D eigenvalue weighted by molar-refractivity contribution is -0.115. The van der Waals surface area contributed by atoms with Gasteiger partial charge in [-0.05, 0) is 17.7 Å². The first-order chi connectivity index (χ1) is 9.74. The molecule has 0 atom stereocenters. The van der Waals surface area contributed by atoms with Gasteiger partial charge in [0.15, 0.2) is 0 Å². The van der Waals surface area contributed by atoms with Crippen LogP contribution in [0.2, 0.25) is 0 Å². The van der Waals surface area contributed by atoms with Gasteiger partial charge in [0.25, 0.3) is 0 Å². The second-order valence-corrected chi connectivity index (χ2v) is 4.68.